The summed E-state index contributed by atoms with van der Waals surface area (Å²) >= 11 is 0. The zero-order valence-corrected chi connectivity index (χ0v) is 9.93. The Bertz CT molecular complexity index is 386. The van der Waals surface area contributed by atoms with Gasteiger partial charge in [-0.25, -0.2) is 4.99 Å². The third-order valence-electron chi connectivity index (χ3n) is 2.69. The second kappa shape index (κ2) is 6.09. The summed E-state index contributed by atoms with van der Waals surface area (Å²) in [5.41, 5.74) is 1.31. The maximum Gasteiger partial charge on any atom is 0.285 e. The summed E-state index contributed by atoms with van der Waals surface area (Å²) in [5.74, 6) is 0. The van der Waals surface area contributed by atoms with Crippen molar-refractivity contribution in [3.05, 3.63) is 48.6 Å². The molecule has 1 aliphatic rings. The molecule has 0 amide bonds. The normalized spacial score (nSPS) is 15.9. The van der Waals surface area contributed by atoms with Gasteiger partial charge in [0.1, 0.15) is 6.61 Å². The number of aliphatic imine (C=N–C) groups is 1. The molecule has 3 nitrogen and oxygen atoms in total. The van der Waals surface area contributed by atoms with E-state index in [1.807, 2.05) is 12.1 Å². The van der Waals surface area contributed by atoms with Crippen molar-refractivity contribution in [2.75, 3.05) is 13.2 Å². The number of amidine groups is 1. The zero-order valence-electron chi connectivity index (χ0n) is 9.93. The minimum atomic E-state index is 0.298. The molecule has 1 aromatic carbocycles. The van der Waals surface area contributed by atoms with Gasteiger partial charge in [-0.2, -0.15) is 0 Å². The molecule has 0 unspecified atom stereocenters. The number of nitrogens with zero attached hydrogens (tertiary/aromatic N) is 1. The molecule has 1 heterocycles. The molecule has 17 heavy (non-hydrogen) atoms. The summed E-state index contributed by atoms with van der Waals surface area (Å²) in [5, 5.41) is 3.32. The molecule has 1 aliphatic heterocycles. The highest BCUT2D eigenvalue weighted by atomic mass is 16.5. The van der Waals surface area contributed by atoms with Crippen LogP contribution in [0.4, 0.5) is 0 Å². The van der Waals surface area contributed by atoms with Crippen LogP contribution in [0.25, 0.3) is 0 Å². The lowest BCUT2D eigenvalue weighted by molar-refractivity contribution is 0.324. The van der Waals surface area contributed by atoms with Crippen molar-refractivity contribution in [1.82, 2.24) is 5.32 Å². The lowest BCUT2D eigenvalue weighted by atomic mass is 10.0. The van der Waals surface area contributed by atoms with E-state index in [1.165, 1.54) is 5.56 Å². The van der Waals surface area contributed by atoms with Crippen molar-refractivity contribution in [3.8, 4) is 0 Å². The molecule has 0 saturated heterocycles. The first-order valence-corrected chi connectivity index (χ1v) is 5.97. The summed E-state index contributed by atoms with van der Waals surface area (Å²) in [7, 11) is 0. The quantitative estimate of drug-likeness (QED) is 0.786. The fraction of sp³-hybridized carbons (Fsp3) is 0.357. The Morgan fingerprint density at radius 2 is 2.24 bits per heavy atom. The second-order valence-corrected chi connectivity index (χ2v) is 4.09. The SMILES string of the molecule is C=CC[C@H](Cc1ccccc1)NC1=NCCO1. The van der Waals surface area contributed by atoms with Crippen LogP contribution in [0.1, 0.15) is 12.0 Å². The predicted octanol–water partition coefficient (Wildman–Crippen LogP) is 2.15. The van der Waals surface area contributed by atoms with Crippen LogP contribution in [0, 0.1) is 0 Å². The Labute approximate surface area is 102 Å². The number of hydrogen-bond acceptors (Lipinski definition) is 3. The van der Waals surface area contributed by atoms with E-state index in [-0.39, 0.29) is 0 Å². The smallest absolute Gasteiger partial charge is 0.285 e. The average molecular weight is 230 g/mol. The molecule has 2 rings (SSSR count). The van der Waals surface area contributed by atoms with Crippen molar-refractivity contribution in [2.45, 2.75) is 18.9 Å². The van der Waals surface area contributed by atoms with Crippen molar-refractivity contribution >= 4 is 6.02 Å². The van der Waals surface area contributed by atoms with Gasteiger partial charge in [-0.05, 0) is 18.4 Å². The molecule has 90 valence electrons. The third-order valence-corrected chi connectivity index (χ3v) is 2.69. The van der Waals surface area contributed by atoms with Crippen molar-refractivity contribution in [3.63, 3.8) is 0 Å². The number of nitrogens with one attached hydrogen (secondary N) is 1. The first kappa shape index (κ1) is 11.7. The highest BCUT2D eigenvalue weighted by molar-refractivity contribution is 5.75. The van der Waals surface area contributed by atoms with Crippen LogP contribution in [0.15, 0.2) is 48.0 Å². The van der Waals surface area contributed by atoms with E-state index in [4.69, 9.17) is 4.74 Å². The van der Waals surface area contributed by atoms with E-state index in [0.29, 0.717) is 18.7 Å². The number of benzene rings is 1. The first-order chi connectivity index (χ1) is 8.38. The maximum atomic E-state index is 5.37. The van der Waals surface area contributed by atoms with Gasteiger partial charge in [0.05, 0.1) is 6.54 Å². The molecule has 3 heteroatoms. The summed E-state index contributed by atoms with van der Waals surface area (Å²) in [6.45, 7) is 5.24. The summed E-state index contributed by atoms with van der Waals surface area (Å²) < 4.78 is 5.37. The van der Waals surface area contributed by atoms with Crippen LogP contribution in [-0.2, 0) is 11.2 Å². The fourth-order valence-electron chi connectivity index (χ4n) is 1.89. The molecular formula is C14H18N2O. The van der Waals surface area contributed by atoms with Gasteiger partial charge >= 0.3 is 0 Å². The van der Waals surface area contributed by atoms with Crippen molar-refractivity contribution in [1.29, 1.82) is 0 Å². The van der Waals surface area contributed by atoms with Gasteiger partial charge in [0, 0.05) is 6.04 Å². The van der Waals surface area contributed by atoms with E-state index in [9.17, 15) is 0 Å². The van der Waals surface area contributed by atoms with Crippen LogP contribution in [0.5, 0.6) is 0 Å². The Morgan fingerprint density at radius 3 is 2.88 bits per heavy atom. The maximum absolute atomic E-state index is 5.37. The second-order valence-electron chi connectivity index (χ2n) is 4.09. The van der Waals surface area contributed by atoms with Gasteiger partial charge in [0.2, 0.25) is 0 Å². The van der Waals surface area contributed by atoms with Gasteiger partial charge in [-0.1, -0.05) is 36.4 Å². The van der Waals surface area contributed by atoms with Gasteiger partial charge in [0.15, 0.2) is 0 Å². The molecule has 0 aromatic heterocycles. The van der Waals surface area contributed by atoms with E-state index in [0.717, 1.165) is 19.4 Å². The first-order valence-electron chi connectivity index (χ1n) is 5.97. The largest absolute Gasteiger partial charge is 0.463 e. The summed E-state index contributed by atoms with van der Waals surface area (Å²) in [4.78, 5) is 4.25. The third kappa shape index (κ3) is 3.63. The summed E-state index contributed by atoms with van der Waals surface area (Å²) in [6.07, 6.45) is 3.78. The molecule has 1 atom stereocenters. The Hall–Kier alpha value is -1.77. The number of rotatable bonds is 5. The average Bonchev–Trinajstić information content (AvgIpc) is 2.83. The molecule has 0 saturated carbocycles. The Balaban J connectivity index is 1.94. The van der Waals surface area contributed by atoms with Crippen molar-refractivity contribution < 1.29 is 4.74 Å². The molecule has 1 aromatic rings. The highest BCUT2D eigenvalue weighted by Gasteiger charge is 2.13. The number of hydrogen-bond donors (Lipinski definition) is 1. The van der Waals surface area contributed by atoms with Crippen LogP contribution in [-0.4, -0.2) is 25.2 Å². The van der Waals surface area contributed by atoms with Gasteiger partial charge in [-0.15, -0.1) is 6.58 Å². The lowest BCUT2D eigenvalue weighted by Gasteiger charge is -2.17. The van der Waals surface area contributed by atoms with Gasteiger partial charge in [-0.3, -0.25) is 0 Å². The molecule has 0 spiro atoms. The van der Waals surface area contributed by atoms with Crippen molar-refractivity contribution in [2.24, 2.45) is 4.99 Å². The fourth-order valence-corrected chi connectivity index (χ4v) is 1.89. The highest BCUT2D eigenvalue weighted by Crippen LogP contribution is 2.07. The van der Waals surface area contributed by atoms with E-state index in [1.54, 1.807) is 0 Å². The molecule has 0 aliphatic carbocycles. The van der Waals surface area contributed by atoms with Crippen LogP contribution < -0.4 is 5.32 Å². The predicted molar refractivity (Wildman–Crippen MR) is 70.1 cm³/mol. The monoisotopic (exact) mass is 230 g/mol. The zero-order chi connectivity index (χ0) is 11.9. The molecule has 0 radical (unpaired) electrons. The standard InChI is InChI=1S/C14H18N2O/c1-2-6-13(16-14-15-9-10-17-14)11-12-7-4-3-5-8-12/h2-5,7-8,13H,1,6,9-11H2,(H,15,16)/t13-/m1/s1. The topological polar surface area (TPSA) is 33.6 Å². The minimum absolute atomic E-state index is 0.298. The molecule has 0 fully saturated rings. The van der Waals surface area contributed by atoms with Crippen LogP contribution in [0.2, 0.25) is 0 Å². The minimum Gasteiger partial charge on any atom is -0.463 e. The number of ether oxygens (including phenoxy) is 1. The summed E-state index contributed by atoms with van der Waals surface area (Å²) in [6, 6.07) is 11.4. The molecule has 0 bridgehead atoms. The van der Waals surface area contributed by atoms with Crippen LogP contribution >= 0.6 is 0 Å². The lowest BCUT2D eigenvalue weighted by Crippen LogP contribution is -2.36. The molecular weight excluding hydrogens is 212 g/mol. The van der Waals surface area contributed by atoms with E-state index in [2.05, 4.69) is 41.2 Å². The van der Waals surface area contributed by atoms with Gasteiger partial charge < -0.3 is 10.1 Å². The Morgan fingerprint density at radius 1 is 1.41 bits per heavy atom. The molecule has 1 N–H and O–H groups in total. The van der Waals surface area contributed by atoms with E-state index >= 15 is 0 Å². The van der Waals surface area contributed by atoms with E-state index < -0.39 is 0 Å². The Kier molecular flexibility index (Phi) is 4.19. The van der Waals surface area contributed by atoms with Gasteiger partial charge in [0.25, 0.3) is 6.02 Å². The van der Waals surface area contributed by atoms with Crippen LogP contribution in [0.3, 0.4) is 0 Å².